The van der Waals surface area contributed by atoms with Crippen molar-refractivity contribution in [3.05, 3.63) is 65.1 Å². The quantitative estimate of drug-likeness (QED) is 0.740. The standard InChI is InChI=1S/C20H25N5O/c1-14-10-15(2)25-19(23-14)18(13-22-25)20(26)21-12-17(24(3)4)11-16-8-6-5-7-9-16/h5-10,13,17H,11-12H2,1-4H3,(H,21,26)/t17-/m0/s1. The highest BCUT2D eigenvalue weighted by Crippen LogP contribution is 2.12. The summed E-state index contributed by atoms with van der Waals surface area (Å²) in [4.78, 5) is 19.3. The molecule has 0 radical (unpaired) electrons. The Balaban J connectivity index is 1.73. The van der Waals surface area contributed by atoms with E-state index in [-0.39, 0.29) is 11.9 Å². The normalized spacial score (nSPS) is 12.5. The van der Waals surface area contributed by atoms with Crippen LogP contribution in [-0.4, -0.2) is 52.1 Å². The molecule has 0 aliphatic carbocycles. The molecule has 2 aromatic heterocycles. The van der Waals surface area contributed by atoms with Crippen LogP contribution in [-0.2, 0) is 6.42 Å². The number of nitrogens with one attached hydrogen (secondary N) is 1. The molecule has 26 heavy (non-hydrogen) atoms. The number of nitrogens with zero attached hydrogens (tertiary/aromatic N) is 4. The molecule has 1 amide bonds. The van der Waals surface area contributed by atoms with Crippen molar-refractivity contribution >= 4 is 11.6 Å². The molecule has 0 bridgehead atoms. The Labute approximate surface area is 153 Å². The predicted octanol–water partition coefficient (Wildman–Crippen LogP) is 2.25. The number of fused-ring (bicyclic) bond motifs is 1. The maximum Gasteiger partial charge on any atom is 0.256 e. The van der Waals surface area contributed by atoms with E-state index in [9.17, 15) is 4.79 Å². The first-order valence-corrected chi connectivity index (χ1v) is 8.76. The van der Waals surface area contributed by atoms with Crippen LogP contribution in [0, 0.1) is 13.8 Å². The third-order valence-corrected chi connectivity index (χ3v) is 4.57. The molecule has 3 rings (SSSR count). The van der Waals surface area contributed by atoms with Gasteiger partial charge in [-0.3, -0.25) is 4.79 Å². The van der Waals surface area contributed by atoms with Crippen LogP contribution < -0.4 is 5.32 Å². The summed E-state index contributed by atoms with van der Waals surface area (Å²) in [6, 6.07) is 12.5. The number of hydrogen-bond acceptors (Lipinski definition) is 4. The second-order valence-electron chi connectivity index (χ2n) is 6.85. The van der Waals surface area contributed by atoms with Crippen molar-refractivity contribution in [2.24, 2.45) is 0 Å². The highest BCUT2D eigenvalue weighted by atomic mass is 16.1. The number of carbonyl (C=O) groups is 1. The number of aromatic nitrogens is 3. The largest absolute Gasteiger partial charge is 0.350 e. The molecule has 6 heteroatoms. The summed E-state index contributed by atoms with van der Waals surface area (Å²) < 4.78 is 1.70. The second-order valence-corrected chi connectivity index (χ2v) is 6.85. The summed E-state index contributed by atoms with van der Waals surface area (Å²) in [5, 5.41) is 7.34. The van der Waals surface area contributed by atoms with Gasteiger partial charge in [-0.2, -0.15) is 5.10 Å². The second kappa shape index (κ2) is 7.66. The summed E-state index contributed by atoms with van der Waals surface area (Å²) in [6.45, 7) is 4.44. The van der Waals surface area contributed by atoms with Crippen LogP contribution >= 0.6 is 0 Å². The lowest BCUT2D eigenvalue weighted by molar-refractivity contribution is 0.0943. The molecule has 1 aromatic carbocycles. The first kappa shape index (κ1) is 18.1. The van der Waals surface area contributed by atoms with Crippen molar-refractivity contribution in [2.45, 2.75) is 26.3 Å². The average molecular weight is 351 g/mol. The van der Waals surface area contributed by atoms with Crippen LogP contribution in [0.25, 0.3) is 5.65 Å². The van der Waals surface area contributed by atoms with E-state index >= 15 is 0 Å². The van der Waals surface area contributed by atoms with Crippen molar-refractivity contribution in [2.75, 3.05) is 20.6 Å². The van der Waals surface area contributed by atoms with Crippen molar-refractivity contribution in [3.8, 4) is 0 Å². The minimum Gasteiger partial charge on any atom is -0.350 e. The van der Waals surface area contributed by atoms with Gasteiger partial charge < -0.3 is 10.2 Å². The van der Waals surface area contributed by atoms with E-state index in [0.29, 0.717) is 17.8 Å². The number of aryl methyl sites for hydroxylation is 2. The minimum absolute atomic E-state index is 0.141. The van der Waals surface area contributed by atoms with Gasteiger partial charge in [0, 0.05) is 24.0 Å². The smallest absolute Gasteiger partial charge is 0.256 e. The van der Waals surface area contributed by atoms with E-state index in [2.05, 4.69) is 32.4 Å². The van der Waals surface area contributed by atoms with Gasteiger partial charge in [0.15, 0.2) is 5.65 Å². The Bertz CT molecular complexity index is 901. The molecule has 1 atom stereocenters. The summed E-state index contributed by atoms with van der Waals surface area (Å²) >= 11 is 0. The molecule has 136 valence electrons. The predicted molar refractivity (Wildman–Crippen MR) is 102 cm³/mol. The van der Waals surface area contributed by atoms with Crippen molar-refractivity contribution in [1.82, 2.24) is 24.8 Å². The van der Waals surface area contributed by atoms with E-state index in [4.69, 9.17) is 0 Å². The molecular formula is C20H25N5O. The zero-order valence-corrected chi connectivity index (χ0v) is 15.7. The Kier molecular flexibility index (Phi) is 5.32. The molecule has 0 aliphatic heterocycles. The summed E-state index contributed by atoms with van der Waals surface area (Å²) in [5.74, 6) is -0.141. The van der Waals surface area contributed by atoms with Gasteiger partial charge in [-0.25, -0.2) is 9.50 Å². The Morgan fingerprint density at radius 3 is 2.65 bits per heavy atom. The summed E-state index contributed by atoms with van der Waals surface area (Å²) in [7, 11) is 4.06. The van der Waals surface area contributed by atoms with Gasteiger partial charge in [-0.05, 0) is 46.0 Å². The molecule has 2 heterocycles. The van der Waals surface area contributed by atoms with E-state index < -0.39 is 0 Å². The molecule has 6 nitrogen and oxygen atoms in total. The molecule has 0 saturated heterocycles. The van der Waals surface area contributed by atoms with Gasteiger partial charge in [0.05, 0.1) is 6.20 Å². The fraction of sp³-hybridized carbons (Fsp3) is 0.350. The summed E-state index contributed by atoms with van der Waals surface area (Å²) in [5.41, 5.74) is 4.20. The monoisotopic (exact) mass is 351 g/mol. The molecule has 0 saturated carbocycles. The molecule has 3 aromatic rings. The van der Waals surface area contributed by atoms with Gasteiger partial charge in [0.25, 0.3) is 5.91 Å². The van der Waals surface area contributed by atoms with Crippen molar-refractivity contribution < 1.29 is 4.79 Å². The van der Waals surface area contributed by atoms with E-state index in [1.807, 2.05) is 52.2 Å². The molecular weight excluding hydrogens is 326 g/mol. The van der Waals surface area contributed by atoms with Gasteiger partial charge in [0.1, 0.15) is 5.56 Å². The third kappa shape index (κ3) is 3.91. The number of amides is 1. The lowest BCUT2D eigenvalue weighted by Gasteiger charge is -2.24. The van der Waals surface area contributed by atoms with E-state index in [0.717, 1.165) is 17.8 Å². The van der Waals surface area contributed by atoms with Crippen molar-refractivity contribution in [1.29, 1.82) is 0 Å². The fourth-order valence-corrected chi connectivity index (χ4v) is 3.06. The zero-order valence-electron chi connectivity index (χ0n) is 15.7. The topological polar surface area (TPSA) is 62.5 Å². The minimum atomic E-state index is -0.141. The van der Waals surface area contributed by atoms with Gasteiger partial charge >= 0.3 is 0 Å². The molecule has 0 fully saturated rings. The number of hydrogen-bond donors (Lipinski definition) is 1. The molecule has 0 spiro atoms. The lowest BCUT2D eigenvalue weighted by Crippen LogP contribution is -2.41. The Morgan fingerprint density at radius 2 is 1.96 bits per heavy atom. The SMILES string of the molecule is Cc1cc(C)n2ncc(C(=O)NC[C@H](Cc3ccccc3)N(C)C)c2n1. The first-order valence-electron chi connectivity index (χ1n) is 8.76. The van der Waals surface area contributed by atoms with Crippen LogP contribution in [0.2, 0.25) is 0 Å². The lowest BCUT2D eigenvalue weighted by atomic mass is 10.1. The van der Waals surface area contributed by atoms with E-state index in [1.165, 1.54) is 5.56 Å². The number of carbonyl (C=O) groups excluding carboxylic acids is 1. The number of rotatable bonds is 6. The molecule has 1 N–H and O–H groups in total. The number of benzene rings is 1. The highest BCUT2D eigenvalue weighted by molar-refractivity contribution is 5.99. The van der Waals surface area contributed by atoms with Gasteiger partial charge in [-0.15, -0.1) is 0 Å². The van der Waals surface area contributed by atoms with E-state index in [1.54, 1.807) is 10.7 Å². The maximum atomic E-state index is 12.7. The Morgan fingerprint density at radius 1 is 1.23 bits per heavy atom. The fourth-order valence-electron chi connectivity index (χ4n) is 3.06. The number of likely N-dealkylation sites (N-methyl/N-ethyl adjacent to an activating group) is 1. The molecule has 0 aliphatic rings. The van der Waals surface area contributed by atoms with Gasteiger partial charge in [-0.1, -0.05) is 30.3 Å². The van der Waals surface area contributed by atoms with Crippen LogP contribution in [0.1, 0.15) is 27.3 Å². The third-order valence-electron chi connectivity index (χ3n) is 4.57. The zero-order chi connectivity index (χ0) is 18.7. The Hall–Kier alpha value is -2.73. The maximum absolute atomic E-state index is 12.7. The van der Waals surface area contributed by atoms with Crippen LogP contribution in [0.4, 0.5) is 0 Å². The average Bonchev–Trinajstić information content (AvgIpc) is 3.03. The van der Waals surface area contributed by atoms with Crippen LogP contribution in [0.5, 0.6) is 0 Å². The van der Waals surface area contributed by atoms with Crippen molar-refractivity contribution in [3.63, 3.8) is 0 Å². The van der Waals surface area contributed by atoms with Crippen LogP contribution in [0.15, 0.2) is 42.6 Å². The summed E-state index contributed by atoms with van der Waals surface area (Å²) in [6.07, 6.45) is 2.46. The molecule has 0 unspecified atom stereocenters. The van der Waals surface area contributed by atoms with Gasteiger partial charge in [0.2, 0.25) is 0 Å². The first-order chi connectivity index (χ1) is 12.5. The van der Waals surface area contributed by atoms with Crippen LogP contribution in [0.3, 0.4) is 0 Å². The highest BCUT2D eigenvalue weighted by Gasteiger charge is 2.18.